The first-order chi connectivity index (χ1) is 12.5. The molecule has 0 spiro atoms. The van der Waals surface area contributed by atoms with Crippen molar-refractivity contribution < 1.29 is 14.3 Å². The minimum atomic E-state index is -0.559. The molecule has 1 atom stereocenters. The monoisotopic (exact) mass is 354 g/mol. The third-order valence-electron chi connectivity index (χ3n) is 4.01. The molecular formula is C21H26N2O3. The minimum absolute atomic E-state index is 0.0850. The molecule has 5 heteroatoms. The predicted octanol–water partition coefficient (Wildman–Crippen LogP) is 3.50. The summed E-state index contributed by atoms with van der Waals surface area (Å²) in [5.74, 6) is 0.574. The Hall–Kier alpha value is -2.82. The number of benzene rings is 2. The third kappa shape index (κ3) is 5.92. The highest BCUT2D eigenvalue weighted by atomic mass is 16.5. The average molecular weight is 354 g/mol. The lowest BCUT2D eigenvalue weighted by molar-refractivity contribution is -0.128. The molecule has 2 aromatic carbocycles. The summed E-state index contributed by atoms with van der Waals surface area (Å²) in [5.41, 5.74) is 1.72. The van der Waals surface area contributed by atoms with Crippen molar-refractivity contribution in [2.75, 3.05) is 19.4 Å². The Morgan fingerprint density at radius 2 is 1.81 bits per heavy atom. The van der Waals surface area contributed by atoms with Gasteiger partial charge in [0.1, 0.15) is 5.75 Å². The van der Waals surface area contributed by atoms with E-state index in [4.69, 9.17) is 4.74 Å². The summed E-state index contributed by atoms with van der Waals surface area (Å²) in [6, 6.07) is 16.9. The summed E-state index contributed by atoms with van der Waals surface area (Å²) in [6.07, 6.45) is 1.09. The van der Waals surface area contributed by atoms with Crippen LogP contribution in [0.25, 0.3) is 0 Å². The van der Waals surface area contributed by atoms with Gasteiger partial charge in [-0.15, -0.1) is 0 Å². The van der Waals surface area contributed by atoms with Gasteiger partial charge in [0.05, 0.1) is 0 Å². The van der Waals surface area contributed by atoms with Crippen molar-refractivity contribution in [2.24, 2.45) is 0 Å². The van der Waals surface area contributed by atoms with Gasteiger partial charge in [0.2, 0.25) is 5.91 Å². The van der Waals surface area contributed by atoms with Crippen molar-refractivity contribution in [1.82, 2.24) is 4.90 Å². The van der Waals surface area contributed by atoms with Gasteiger partial charge < -0.3 is 15.0 Å². The highest BCUT2D eigenvalue weighted by molar-refractivity contribution is 5.94. The van der Waals surface area contributed by atoms with Crippen molar-refractivity contribution in [2.45, 2.75) is 32.3 Å². The second kappa shape index (κ2) is 9.61. The van der Waals surface area contributed by atoms with Crippen molar-refractivity contribution in [3.63, 3.8) is 0 Å². The number of aryl methyl sites for hydroxylation is 1. The van der Waals surface area contributed by atoms with E-state index in [1.54, 1.807) is 19.0 Å². The highest BCUT2D eigenvalue weighted by Crippen LogP contribution is 2.16. The molecule has 0 heterocycles. The van der Waals surface area contributed by atoms with Gasteiger partial charge in [-0.2, -0.15) is 0 Å². The van der Waals surface area contributed by atoms with Gasteiger partial charge in [-0.1, -0.05) is 37.3 Å². The number of carbonyl (C=O) groups is 2. The number of carbonyl (C=O) groups excluding carboxylic acids is 2. The SMILES string of the molecule is CCC(Oc1ccccc1)C(=O)Nc1cccc(CCC(=O)N(C)C)c1. The molecule has 0 aliphatic rings. The second-order valence-electron chi connectivity index (χ2n) is 6.31. The van der Waals surface area contributed by atoms with Crippen LogP contribution in [0.1, 0.15) is 25.3 Å². The van der Waals surface area contributed by atoms with Crippen LogP contribution in [-0.4, -0.2) is 36.9 Å². The second-order valence-corrected chi connectivity index (χ2v) is 6.31. The van der Waals surface area contributed by atoms with Gasteiger partial charge in [0, 0.05) is 26.2 Å². The number of hydrogen-bond acceptors (Lipinski definition) is 3. The highest BCUT2D eigenvalue weighted by Gasteiger charge is 2.18. The average Bonchev–Trinajstić information content (AvgIpc) is 2.65. The number of para-hydroxylation sites is 1. The van der Waals surface area contributed by atoms with Gasteiger partial charge in [-0.25, -0.2) is 0 Å². The van der Waals surface area contributed by atoms with Gasteiger partial charge in [-0.3, -0.25) is 9.59 Å². The molecule has 0 aliphatic carbocycles. The maximum Gasteiger partial charge on any atom is 0.265 e. The molecule has 2 rings (SSSR count). The van der Waals surface area contributed by atoms with Gasteiger partial charge in [0.15, 0.2) is 6.10 Å². The van der Waals surface area contributed by atoms with Crippen LogP contribution in [0.2, 0.25) is 0 Å². The lowest BCUT2D eigenvalue weighted by Crippen LogP contribution is -2.32. The molecule has 2 amide bonds. The smallest absolute Gasteiger partial charge is 0.265 e. The Morgan fingerprint density at radius 1 is 1.08 bits per heavy atom. The number of ether oxygens (including phenoxy) is 1. The number of nitrogens with one attached hydrogen (secondary N) is 1. The lowest BCUT2D eigenvalue weighted by Gasteiger charge is -2.17. The first-order valence-electron chi connectivity index (χ1n) is 8.81. The normalized spacial score (nSPS) is 11.5. The number of hydrogen-bond donors (Lipinski definition) is 1. The fraction of sp³-hybridized carbons (Fsp3) is 0.333. The zero-order valence-corrected chi connectivity index (χ0v) is 15.6. The Labute approximate surface area is 155 Å². The van der Waals surface area contributed by atoms with Crippen LogP contribution in [-0.2, 0) is 16.0 Å². The maximum atomic E-state index is 12.5. The molecule has 0 saturated carbocycles. The summed E-state index contributed by atoms with van der Waals surface area (Å²) >= 11 is 0. The zero-order valence-electron chi connectivity index (χ0n) is 15.6. The van der Waals surface area contributed by atoms with Crippen molar-refractivity contribution in [1.29, 1.82) is 0 Å². The minimum Gasteiger partial charge on any atom is -0.481 e. The van der Waals surface area contributed by atoms with Gasteiger partial charge in [-0.05, 0) is 42.7 Å². The molecule has 2 aromatic rings. The summed E-state index contributed by atoms with van der Waals surface area (Å²) in [5, 5.41) is 2.90. The Balaban J connectivity index is 1.97. The molecule has 1 N–H and O–H groups in total. The van der Waals surface area contributed by atoms with E-state index < -0.39 is 6.10 Å². The van der Waals surface area contributed by atoms with E-state index in [0.29, 0.717) is 30.7 Å². The quantitative estimate of drug-likeness (QED) is 0.789. The first-order valence-corrected chi connectivity index (χ1v) is 8.81. The first kappa shape index (κ1) is 19.5. The van der Waals surface area contributed by atoms with Crippen LogP contribution in [0, 0.1) is 0 Å². The molecule has 0 radical (unpaired) electrons. The van der Waals surface area contributed by atoms with Crippen LogP contribution in [0.5, 0.6) is 5.75 Å². The maximum absolute atomic E-state index is 12.5. The summed E-state index contributed by atoms with van der Waals surface area (Å²) in [7, 11) is 3.49. The Kier molecular flexibility index (Phi) is 7.21. The molecule has 0 saturated heterocycles. The van der Waals surface area contributed by atoms with E-state index in [0.717, 1.165) is 5.56 Å². The van der Waals surface area contributed by atoms with E-state index in [1.165, 1.54) is 0 Å². The Bertz CT molecular complexity index is 729. The molecule has 138 valence electrons. The van der Waals surface area contributed by atoms with Crippen LogP contribution in [0.4, 0.5) is 5.69 Å². The van der Waals surface area contributed by atoms with E-state index in [1.807, 2.05) is 61.5 Å². The number of anilines is 1. The van der Waals surface area contributed by atoms with Crippen LogP contribution < -0.4 is 10.1 Å². The Morgan fingerprint density at radius 3 is 2.46 bits per heavy atom. The molecular weight excluding hydrogens is 328 g/mol. The molecule has 0 bridgehead atoms. The van der Waals surface area contributed by atoms with Crippen LogP contribution in [0.15, 0.2) is 54.6 Å². The van der Waals surface area contributed by atoms with Crippen LogP contribution >= 0.6 is 0 Å². The number of amides is 2. The van der Waals surface area contributed by atoms with E-state index in [2.05, 4.69) is 5.32 Å². The fourth-order valence-electron chi connectivity index (χ4n) is 2.49. The zero-order chi connectivity index (χ0) is 18.9. The molecule has 0 aromatic heterocycles. The topological polar surface area (TPSA) is 58.6 Å². The van der Waals surface area contributed by atoms with E-state index in [9.17, 15) is 9.59 Å². The largest absolute Gasteiger partial charge is 0.481 e. The molecule has 0 fully saturated rings. The predicted molar refractivity (Wildman–Crippen MR) is 103 cm³/mol. The van der Waals surface area contributed by atoms with Crippen molar-refractivity contribution in [3.05, 3.63) is 60.2 Å². The molecule has 0 aliphatic heterocycles. The van der Waals surface area contributed by atoms with Crippen molar-refractivity contribution >= 4 is 17.5 Å². The third-order valence-corrected chi connectivity index (χ3v) is 4.01. The molecule has 1 unspecified atom stereocenters. The number of nitrogens with zero attached hydrogens (tertiary/aromatic N) is 1. The fourth-order valence-corrected chi connectivity index (χ4v) is 2.49. The standard InChI is InChI=1S/C21H26N2O3/c1-4-19(26-18-11-6-5-7-12-18)21(25)22-17-10-8-9-16(15-17)13-14-20(24)23(2)3/h5-12,15,19H,4,13-14H2,1-3H3,(H,22,25). The van der Waals surface area contributed by atoms with E-state index >= 15 is 0 Å². The number of rotatable bonds is 8. The molecule has 26 heavy (non-hydrogen) atoms. The van der Waals surface area contributed by atoms with Gasteiger partial charge >= 0.3 is 0 Å². The van der Waals surface area contributed by atoms with Gasteiger partial charge in [0.25, 0.3) is 5.91 Å². The van der Waals surface area contributed by atoms with Crippen LogP contribution in [0.3, 0.4) is 0 Å². The summed E-state index contributed by atoms with van der Waals surface area (Å²) < 4.78 is 5.77. The molecule has 5 nitrogen and oxygen atoms in total. The summed E-state index contributed by atoms with van der Waals surface area (Å²) in [4.78, 5) is 25.8. The van der Waals surface area contributed by atoms with E-state index in [-0.39, 0.29) is 11.8 Å². The van der Waals surface area contributed by atoms with Crippen molar-refractivity contribution in [3.8, 4) is 5.75 Å². The lowest BCUT2D eigenvalue weighted by atomic mass is 10.1. The summed E-state index contributed by atoms with van der Waals surface area (Å²) in [6.45, 7) is 1.91.